The number of ether oxygens (including phenoxy) is 2. The first kappa shape index (κ1) is 18.0. The van der Waals surface area contributed by atoms with Crippen LogP contribution in [-0.2, 0) is 9.47 Å². The maximum absolute atomic E-state index is 5.51. The normalized spacial score (nSPS) is 14.9. The molecule has 0 heterocycles. The van der Waals surface area contributed by atoms with E-state index in [1.54, 1.807) is 12.5 Å². The molecular formula is C16H31NO2. The van der Waals surface area contributed by atoms with E-state index in [1.165, 1.54) is 25.7 Å². The highest BCUT2D eigenvalue weighted by atomic mass is 16.5. The molecule has 0 spiro atoms. The zero-order valence-electron chi connectivity index (χ0n) is 13.0. The lowest BCUT2D eigenvalue weighted by Crippen LogP contribution is -2.36. The first-order valence-electron chi connectivity index (χ1n) is 7.57. The lowest BCUT2D eigenvalue weighted by atomic mass is 10.2. The van der Waals surface area contributed by atoms with Crippen LogP contribution < -0.4 is 5.32 Å². The van der Waals surface area contributed by atoms with Crippen LogP contribution in [-0.4, -0.2) is 12.5 Å². The smallest absolute Gasteiger partial charge is 0.149 e. The van der Waals surface area contributed by atoms with Crippen molar-refractivity contribution in [2.24, 2.45) is 0 Å². The molecule has 0 aliphatic heterocycles. The molecule has 112 valence electrons. The molecule has 0 rings (SSSR count). The van der Waals surface area contributed by atoms with Crippen LogP contribution in [0.5, 0.6) is 0 Å². The Bertz CT molecular complexity index is 215. The number of allylic oxidation sites excluding steroid dienone is 2. The molecule has 0 aromatic rings. The third-order valence-electron chi connectivity index (χ3n) is 2.68. The standard InChI is InChI=1S/C16H31NO2/c1-5-7-9-11-13-18-15(3)17-16(4)19-14-12-10-8-6-2/h11-17H,5-10H2,1-4H3. The average molecular weight is 269 g/mol. The Hall–Kier alpha value is -0.960. The summed E-state index contributed by atoms with van der Waals surface area (Å²) in [6, 6.07) is 0. The summed E-state index contributed by atoms with van der Waals surface area (Å²) < 4.78 is 11.0. The van der Waals surface area contributed by atoms with Gasteiger partial charge in [-0.15, -0.1) is 0 Å². The molecule has 1 N–H and O–H groups in total. The highest BCUT2D eigenvalue weighted by Crippen LogP contribution is 1.99. The van der Waals surface area contributed by atoms with Crippen LogP contribution in [0.25, 0.3) is 0 Å². The van der Waals surface area contributed by atoms with Crippen LogP contribution in [0.3, 0.4) is 0 Å². The molecule has 0 saturated heterocycles. The predicted octanol–water partition coefficient (Wildman–Crippen LogP) is 4.71. The van der Waals surface area contributed by atoms with Gasteiger partial charge in [-0.3, -0.25) is 0 Å². The van der Waals surface area contributed by atoms with Crippen molar-refractivity contribution in [3.63, 3.8) is 0 Å². The van der Waals surface area contributed by atoms with Crippen molar-refractivity contribution in [1.82, 2.24) is 5.32 Å². The fourth-order valence-corrected chi connectivity index (χ4v) is 1.54. The largest absolute Gasteiger partial charge is 0.483 e. The second kappa shape index (κ2) is 13.5. The van der Waals surface area contributed by atoms with Crippen LogP contribution in [0.1, 0.15) is 66.2 Å². The topological polar surface area (TPSA) is 30.5 Å². The van der Waals surface area contributed by atoms with Crippen molar-refractivity contribution < 1.29 is 9.47 Å². The first-order chi connectivity index (χ1) is 9.20. The molecule has 0 aliphatic rings. The van der Waals surface area contributed by atoms with Crippen LogP contribution in [0, 0.1) is 0 Å². The minimum Gasteiger partial charge on any atom is -0.483 e. The molecule has 0 aromatic heterocycles. The van der Waals surface area contributed by atoms with Gasteiger partial charge in [-0.2, -0.15) is 0 Å². The zero-order valence-corrected chi connectivity index (χ0v) is 13.0. The minimum atomic E-state index is -0.0445. The van der Waals surface area contributed by atoms with Crippen molar-refractivity contribution in [3.05, 3.63) is 24.7 Å². The summed E-state index contributed by atoms with van der Waals surface area (Å²) in [5.74, 6) is 0. The quantitative estimate of drug-likeness (QED) is 0.316. The van der Waals surface area contributed by atoms with Gasteiger partial charge in [0.05, 0.1) is 12.5 Å². The third-order valence-corrected chi connectivity index (χ3v) is 2.68. The summed E-state index contributed by atoms with van der Waals surface area (Å²) in [5, 5.41) is 3.21. The van der Waals surface area contributed by atoms with E-state index in [9.17, 15) is 0 Å². The molecule has 0 aromatic carbocycles. The Morgan fingerprint density at radius 3 is 1.63 bits per heavy atom. The number of unbranched alkanes of at least 4 members (excludes halogenated alkanes) is 4. The van der Waals surface area contributed by atoms with Crippen molar-refractivity contribution in [2.45, 2.75) is 78.7 Å². The summed E-state index contributed by atoms with van der Waals surface area (Å²) >= 11 is 0. The molecule has 3 heteroatoms. The molecule has 2 unspecified atom stereocenters. The van der Waals surface area contributed by atoms with E-state index in [0.29, 0.717) is 0 Å². The fourth-order valence-electron chi connectivity index (χ4n) is 1.54. The van der Waals surface area contributed by atoms with E-state index in [-0.39, 0.29) is 12.5 Å². The van der Waals surface area contributed by atoms with E-state index >= 15 is 0 Å². The Morgan fingerprint density at radius 1 is 0.842 bits per heavy atom. The lowest BCUT2D eigenvalue weighted by Gasteiger charge is -2.19. The second-order valence-electron chi connectivity index (χ2n) is 4.75. The maximum Gasteiger partial charge on any atom is 0.149 e. The molecular weight excluding hydrogens is 238 g/mol. The predicted molar refractivity (Wildman–Crippen MR) is 81.6 cm³/mol. The van der Waals surface area contributed by atoms with E-state index < -0.39 is 0 Å². The third kappa shape index (κ3) is 13.3. The molecule has 0 radical (unpaired) electrons. The van der Waals surface area contributed by atoms with Gasteiger partial charge in [-0.1, -0.05) is 26.7 Å². The molecule has 19 heavy (non-hydrogen) atoms. The number of hydrogen-bond donors (Lipinski definition) is 1. The molecule has 2 atom stereocenters. The molecule has 0 aliphatic carbocycles. The number of rotatable bonds is 12. The highest BCUT2D eigenvalue weighted by Gasteiger charge is 2.05. The van der Waals surface area contributed by atoms with Crippen LogP contribution in [0.4, 0.5) is 0 Å². The molecule has 0 bridgehead atoms. The van der Waals surface area contributed by atoms with Crippen LogP contribution in [0.2, 0.25) is 0 Å². The fraction of sp³-hybridized carbons (Fsp3) is 0.750. The second-order valence-corrected chi connectivity index (χ2v) is 4.75. The average Bonchev–Trinajstić information content (AvgIpc) is 2.38. The van der Waals surface area contributed by atoms with Gasteiger partial charge in [0.25, 0.3) is 0 Å². The van der Waals surface area contributed by atoms with Gasteiger partial charge in [0.2, 0.25) is 0 Å². The van der Waals surface area contributed by atoms with Gasteiger partial charge in [-0.25, -0.2) is 5.32 Å². The van der Waals surface area contributed by atoms with E-state index in [2.05, 4.69) is 31.3 Å². The summed E-state index contributed by atoms with van der Waals surface area (Å²) in [4.78, 5) is 0. The van der Waals surface area contributed by atoms with E-state index in [1.807, 2.05) is 13.8 Å². The van der Waals surface area contributed by atoms with Gasteiger partial charge in [0, 0.05) is 0 Å². The Morgan fingerprint density at radius 2 is 1.26 bits per heavy atom. The first-order valence-corrected chi connectivity index (χ1v) is 7.57. The van der Waals surface area contributed by atoms with Gasteiger partial charge in [0.15, 0.2) is 0 Å². The summed E-state index contributed by atoms with van der Waals surface area (Å²) in [5.41, 5.74) is 0. The number of hydrogen-bond acceptors (Lipinski definition) is 3. The number of nitrogens with one attached hydrogen (secondary N) is 1. The highest BCUT2D eigenvalue weighted by molar-refractivity contribution is 4.75. The Kier molecular flexibility index (Phi) is 12.8. The van der Waals surface area contributed by atoms with Crippen molar-refractivity contribution >= 4 is 0 Å². The molecule has 3 nitrogen and oxygen atoms in total. The van der Waals surface area contributed by atoms with Gasteiger partial charge < -0.3 is 9.47 Å². The van der Waals surface area contributed by atoms with Crippen LogP contribution >= 0.6 is 0 Å². The summed E-state index contributed by atoms with van der Waals surface area (Å²) in [7, 11) is 0. The van der Waals surface area contributed by atoms with Gasteiger partial charge >= 0.3 is 0 Å². The Balaban J connectivity index is 3.59. The zero-order chi connectivity index (χ0) is 14.3. The summed E-state index contributed by atoms with van der Waals surface area (Å²) in [6.07, 6.45) is 14.6. The molecule has 0 fully saturated rings. The van der Waals surface area contributed by atoms with Crippen molar-refractivity contribution in [2.75, 3.05) is 0 Å². The van der Waals surface area contributed by atoms with Crippen molar-refractivity contribution in [3.8, 4) is 0 Å². The van der Waals surface area contributed by atoms with Gasteiger partial charge in [-0.05, 0) is 51.7 Å². The SMILES string of the molecule is CCCCC=COC(C)NC(C)OC=CCCCC. The van der Waals surface area contributed by atoms with E-state index in [4.69, 9.17) is 9.47 Å². The van der Waals surface area contributed by atoms with Crippen molar-refractivity contribution in [1.29, 1.82) is 0 Å². The Labute approximate surface area is 119 Å². The summed E-state index contributed by atoms with van der Waals surface area (Å²) in [6.45, 7) is 8.33. The molecule has 0 saturated carbocycles. The minimum absolute atomic E-state index is 0.0445. The van der Waals surface area contributed by atoms with Gasteiger partial charge in [0.1, 0.15) is 12.5 Å². The molecule has 0 amide bonds. The maximum atomic E-state index is 5.51. The van der Waals surface area contributed by atoms with Crippen LogP contribution in [0.15, 0.2) is 24.7 Å². The monoisotopic (exact) mass is 269 g/mol. The van der Waals surface area contributed by atoms with E-state index in [0.717, 1.165) is 12.8 Å². The lowest BCUT2D eigenvalue weighted by molar-refractivity contribution is 0.0413.